The molecule has 162 valence electrons. The van der Waals surface area contributed by atoms with Gasteiger partial charge in [0.1, 0.15) is 5.75 Å². The van der Waals surface area contributed by atoms with Crippen molar-refractivity contribution < 1.29 is 9.47 Å². The zero-order chi connectivity index (χ0) is 21.8. The van der Waals surface area contributed by atoms with E-state index in [0.717, 1.165) is 33.5 Å². The standard InChI is InChI=1S/C23H27N5O2S/c1-15-16(2)27-28(23-24-19(14-31-23)17-10-6-5-7-11-17)22(30-4)21(15)26-25-18-12-8-9-13-20(18)29-3/h5-15,21-22,25-26H,1-4H3. The van der Waals surface area contributed by atoms with Crippen LogP contribution in [0.25, 0.3) is 11.3 Å². The molecule has 1 aliphatic rings. The van der Waals surface area contributed by atoms with Gasteiger partial charge in [0.2, 0.25) is 5.13 Å². The van der Waals surface area contributed by atoms with E-state index in [-0.39, 0.29) is 18.2 Å². The summed E-state index contributed by atoms with van der Waals surface area (Å²) in [5.41, 5.74) is 10.6. The molecule has 0 saturated heterocycles. The van der Waals surface area contributed by atoms with Crippen LogP contribution < -0.4 is 20.6 Å². The summed E-state index contributed by atoms with van der Waals surface area (Å²) in [7, 11) is 3.36. The number of para-hydroxylation sites is 2. The van der Waals surface area contributed by atoms with Gasteiger partial charge in [-0.1, -0.05) is 49.4 Å². The van der Waals surface area contributed by atoms with Crippen LogP contribution in [0.15, 0.2) is 65.1 Å². The third-order valence-corrected chi connectivity index (χ3v) is 6.32. The summed E-state index contributed by atoms with van der Waals surface area (Å²) in [4.78, 5) is 4.83. The number of nitrogens with one attached hydrogen (secondary N) is 2. The first kappa shape index (κ1) is 21.3. The smallest absolute Gasteiger partial charge is 0.209 e. The predicted molar refractivity (Wildman–Crippen MR) is 127 cm³/mol. The van der Waals surface area contributed by atoms with E-state index in [0.29, 0.717) is 0 Å². The molecule has 0 aliphatic carbocycles. The number of hydrogen-bond acceptors (Lipinski definition) is 8. The molecule has 0 saturated carbocycles. The number of hydrazone groups is 1. The summed E-state index contributed by atoms with van der Waals surface area (Å²) >= 11 is 1.56. The number of benzene rings is 2. The van der Waals surface area contributed by atoms with Gasteiger partial charge in [0, 0.05) is 29.7 Å². The van der Waals surface area contributed by atoms with Gasteiger partial charge in [0.15, 0.2) is 6.23 Å². The lowest BCUT2D eigenvalue weighted by molar-refractivity contribution is 0.0534. The van der Waals surface area contributed by atoms with Crippen molar-refractivity contribution in [3.05, 3.63) is 60.0 Å². The zero-order valence-electron chi connectivity index (χ0n) is 18.1. The van der Waals surface area contributed by atoms with Crippen LogP contribution in [-0.4, -0.2) is 37.2 Å². The molecular weight excluding hydrogens is 410 g/mol. The molecule has 1 aliphatic heterocycles. The fourth-order valence-electron chi connectivity index (χ4n) is 3.59. The van der Waals surface area contributed by atoms with Crippen molar-refractivity contribution in [3.8, 4) is 17.0 Å². The number of aromatic nitrogens is 1. The van der Waals surface area contributed by atoms with Crippen molar-refractivity contribution in [1.29, 1.82) is 0 Å². The maximum atomic E-state index is 5.90. The van der Waals surface area contributed by atoms with E-state index >= 15 is 0 Å². The van der Waals surface area contributed by atoms with Crippen molar-refractivity contribution >= 4 is 27.9 Å². The second-order valence-electron chi connectivity index (χ2n) is 7.38. The predicted octanol–water partition coefficient (Wildman–Crippen LogP) is 4.61. The van der Waals surface area contributed by atoms with Crippen molar-refractivity contribution in [2.24, 2.45) is 11.0 Å². The largest absolute Gasteiger partial charge is 0.495 e. The van der Waals surface area contributed by atoms with Crippen LogP contribution >= 0.6 is 11.3 Å². The summed E-state index contributed by atoms with van der Waals surface area (Å²) in [6.07, 6.45) is -0.337. The van der Waals surface area contributed by atoms with E-state index in [9.17, 15) is 0 Å². The molecule has 31 heavy (non-hydrogen) atoms. The van der Waals surface area contributed by atoms with Crippen LogP contribution in [0, 0.1) is 5.92 Å². The van der Waals surface area contributed by atoms with Crippen LogP contribution in [0.3, 0.4) is 0 Å². The van der Waals surface area contributed by atoms with Gasteiger partial charge < -0.3 is 14.9 Å². The Bertz CT molecular complexity index is 1040. The van der Waals surface area contributed by atoms with E-state index in [1.807, 2.05) is 54.4 Å². The van der Waals surface area contributed by atoms with Crippen molar-refractivity contribution in [3.63, 3.8) is 0 Å². The Morgan fingerprint density at radius 3 is 2.52 bits per heavy atom. The molecule has 4 rings (SSSR count). The van der Waals surface area contributed by atoms with Gasteiger partial charge in [-0.3, -0.25) is 0 Å². The highest BCUT2D eigenvalue weighted by molar-refractivity contribution is 7.14. The summed E-state index contributed by atoms with van der Waals surface area (Å²) in [6, 6.07) is 17.9. The zero-order valence-corrected chi connectivity index (χ0v) is 18.9. The molecule has 3 atom stereocenters. The number of hydrazine groups is 1. The molecule has 2 aromatic carbocycles. The maximum absolute atomic E-state index is 5.90. The molecule has 8 heteroatoms. The third kappa shape index (κ3) is 4.41. The molecule has 1 aromatic heterocycles. The Balaban J connectivity index is 1.59. The fourth-order valence-corrected chi connectivity index (χ4v) is 4.40. The van der Waals surface area contributed by atoms with Crippen LogP contribution in [0.2, 0.25) is 0 Å². The minimum Gasteiger partial charge on any atom is -0.495 e. The van der Waals surface area contributed by atoms with Crippen LogP contribution in [0.5, 0.6) is 5.75 Å². The molecular formula is C23H27N5O2S. The van der Waals surface area contributed by atoms with E-state index < -0.39 is 0 Å². The molecule has 3 unspecified atom stereocenters. The third-order valence-electron chi connectivity index (χ3n) is 5.49. The van der Waals surface area contributed by atoms with Crippen LogP contribution in [0.4, 0.5) is 10.8 Å². The first-order valence-corrected chi connectivity index (χ1v) is 11.0. The average molecular weight is 438 g/mol. The molecule has 0 spiro atoms. The summed E-state index contributed by atoms with van der Waals surface area (Å²) in [5, 5.41) is 9.53. The minimum atomic E-state index is -0.337. The quantitative estimate of drug-likeness (QED) is 0.526. The number of thiazole rings is 1. The number of ether oxygens (including phenoxy) is 2. The minimum absolute atomic E-state index is 0.0727. The van der Waals surface area contributed by atoms with Crippen LogP contribution in [0.1, 0.15) is 13.8 Å². The first-order valence-electron chi connectivity index (χ1n) is 10.1. The number of rotatable bonds is 7. The second kappa shape index (κ2) is 9.47. The highest BCUT2D eigenvalue weighted by Gasteiger charge is 2.39. The molecule has 0 bridgehead atoms. The maximum Gasteiger partial charge on any atom is 0.209 e. The van der Waals surface area contributed by atoms with E-state index in [1.165, 1.54) is 0 Å². The topological polar surface area (TPSA) is 71.0 Å². The Labute approximate surface area is 186 Å². The van der Waals surface area contributed by atoms with Gasteiger partial charge in [0.05, 0.1) is 24.5 Å². The summed E-state index contributed by atoms with van der Waals surface area (Å²) in [5.74, 6) is 0.916. The van der Waals surface area contributed by atoms with Gasteiger partial charge in [-0.15, -0.1) is 11.3 Å². The Kier molecular flexibility index (Phi) is 6.50. The van der Waals surface area contributed by atoms with Crippen LogP contribution in [-0.2, 0) is 4.74 Å². The summed E-state index contributed by atoms with van der Waals surface area (Å²) in [6.45, 7) is 4.17. The average Bonchev–Trinajstić information content (AvgIpc) is 3.30. The normalized spacial score (nSPS) is 21.0. The fraction of sp³-hybridized carbons (Fsp3) is 0.304. The number of methoxy groups -OCH3 is 2. The van der Waals surface area contributed by atoms with Crippen molar-refractivity contribution in [2.75, 3.05) is 24.7 Å². The first-order chi connectivity index (χ1) is 15.1. The lowest BCUT2D eigenvalue weighted by Crippen LogP contribution is -2.58. The van der Waals surface area contributed by atoms with Gasteiger partial charge >= 0.3 is 0 Å². The number of anilines is 2. The Hall–Kier alpha value is -2.94. The highest BCUT2D eigenvalue weighted by atomic mass is 32.1. The van der Waals surface area contributed by atoms with Gasteiger partial charge in [0.25, 0.3) is 0 Å². The van der Waals surface area contributed by atoms with E-state index in [1.54, 1.807) is 25.6 Å². The van der Waals surface area contributed by atoms with Gasteiger partial charge in [-0.05, 0) is 19.1 Å². The molecule has 7 nitrogen and oxygen atoms in total. The van der Waals surface area contributed by atoms with E-state index in [2.05, 4.69) is 35.3 Å². The highest BCUT2D eigenvalue weighted by Crippen LogP contribution is 2.33. The van der Waals surface area contributed by atoms with Gasteiger partial charge in [-0.2, -0.15) is 5.10 Å². The molecule has 2 N–H and O–H groups in total. The Morgan fingerprint density at radius 1 is 1.03 bits per heavy atom. The number of hydrogen-bond donors (Lipinski definition) is 2. The Morgan fingerprint density at radius 2 is 1.77 bits per heavy atom. The van der Waals surface area contributed by atoms with Crippen molar-refractivity contribution in [1.82, 2.24) is 10.4 Å². The lowest BCUT2D eigenvalue weighted by atomic mass is 9.94. The SMILES string of the molecule is COc1ccccc1NNC1C(C)C(C)=NN(c2nc(-c3ccccc3)cs2)C1OC. The molecule has 0 fully saturated rings. The lowest BCUT2D eigenvalue weighted by Gasteiger charge is -2.40. The van der Waals surface area contributed by atoms with E-state index in [4.69, 9.17) is 19.6 Å². The monoisotopic (exact) mass is 437 g/mol. The number of nitrogens with zero attached hydrogens (tertiary/aromatic N) is 3. The van der Waals surface area contributed by atoms with Crippen molar-refractivity contribution in [2.45, 2.75) is 26.1 Å². The van der Waals surface area contributed by atoms with Gasteiger partial charge in [-0.25, -0.2) is 15.4 Å². The summed E-state index contributed by atoms with van der Waals surface area (Å²) < 4.78 is 11.3. The molecule has 0 amide bonds. The molecule has 0 radical (unpaired) electrons. The second-order valence-corrected chi connectivity index (χ2v) is 8.21. The molecule has 3 aromatic rings. The molecule has 2 heterocycles.